The van der Waals surface area contributed by atoms with E-state index >= 15 is 0 Å². The summed E-state index contributed by atoms with van der Waals surface area (Å²) in [5, 5.41) is 2.73. The molecule has 3 aromatic rings. The predicted molar refractivity (Wildman–Crippen MR) is 129 cm³/mol. The fourth-order valence-corrected chi connectivity index (χ4v) is 4.67. The Hall–Kier alpha value is -4.21. The Kier molecular flexibility index (Phi) is 6.41. The lowest BCUT2D eigenvalue weighted by molar-refractivity contribution is -0.137. The minimum atomic E-state index is -4.48. The van der Waals surface area contributed by atoms with Gasteiger partial charge in [0.2, 0.25) is 18.6 Å². The molecule has 0 aromatic heterocycles. The van der Waals surface area contributed by atoms with Crippen LogP contribution < -0.4 is 24.4 Å². The van der Waals surface area contributed by atoms with Crippen molar-refractivity contribution in [2.75, 3.05) is 24.1 Å². The number of rotatable bonds is 5. The molecule has 0 spiro atoms. The molecule has 1 saturated heterocycles. The Labute approximate surface area is 210 Å². The van der Waals surface area contributed by atoms with Crippen LogP contribution in [-0.4, -0.2) is 25.7 Å². The monoisotopic (exact) mass is 512 g/mol. The van der Waals surface area contributed by atoms with Crippen molar-refractivity contribution in [3.8, 4) is 17.2 Å². The van der Waals surface area contributed by atoms with Crippen LogP contribution in [0.2, 0.25) is 0 Å². The van der Waals surface area contributed by atoms with Crippen molar-refractivity contribution in [3.05, 3.63) is 77.9 Å². The number of carbonyl (C=O) groups is 2. The smallest absolute Gasteiger partial charge is 0.416 e. The predicted octanol–water partition coefficient (Wildman–Crippen LogP) is 5.57. The van der Waals surface area contributed by atoms with Crippen LogP contribution in [0.25, 0.3) is 0 Å². The van der Waals surface area contributed by atoms with Gasteiger partial charge in [-0.2, -0.15) is 13.2 Å². The summed E-state index contributed by atoms with van der Waals surface area (Å²) < 4.78 is 54.9. The number of nitrogens with zero attached hydrogens (tertiary/aromatic N) is 1. The van der Waals surface area contributed by atoms with Crippen LogP contribution in [-0.2, 0) is 15.8 Å². The molecule has 2 aliphatic heterocycles. The van der Waals surface area contributed by atoms with E-state index in [1.54, 1.807) is 54.5 Å². The van der Waals surface area contributed by atoms with Crippen molar-refractivity contribution in [2.45, 2.75) is 25.1 Å². The molecule has 0 bridgehead atoms. The molecule has 1 N–H and O–H groups in total. The molecular weight excluding hydrogens is 489 g/mol. The Bertz CT molecular complexity index is 1310. The van der Waals surface area contributed by atoms with Gasteiger partial charge < -0.3 is 24.4 Å². The molecule has 2 atom stereocenters. The zero-order chi connectivity index (χ0) is 26.2. The number of alkyl halides is 3. The van der Waals surface area contributed by atoms with Gasteiger partial charge in [-0.15, -0.1) is 0 Å². The SMILES string of the molecule is COc1ccc([C@@H]2[C@@H](C(=O)Nc3ccc(C(F)(F)F)cc3)CCC(=O)N2c2ccc3c(c2)OCO3)cc1. The molecular formula is C27H23F3N2O5. The average molecular weight is 512 g/mol. The van der Waals surface area contributed by atoms with Crippen LogP contribution in [0.15, 0.2) is 66.7 Å². The maximum atomic E-state index is 13.5. The number of hydrogen-bond acceptors (Lipinski definition) is 5. The van der Waals surface area contributed by atoms with E-state index in [0.717, 1.165) is 12.1 Å². The number of anilines is 2. The fraction of sp³-hybridized carbons (Fsp3) is 0.259. The number of amides is 2. The highest BCUT2D eigenvalue weighted by molar-refractivity contribution is 6.00. The van der Waals surface area contributed by atoms with Gasteiger partial charge in [0.25, 0.3) is 0 Å². The summed E-state index contributed by atoms with van der Waals surface area (Å²) >= 11 is 0. The summed E-state index contributed by atoms with van der Waals surface area (Å²) in [6.45, 7) is 0.0762. The fourth-order valence-electron chi connectivity index (χ4n) is 4.67. The van der Waals surface area contributed by atoms with E-state index in [9.17, 15) is 22.8 Å². The summed E-state index contributed by atoms with van der Waals surface area (Å²) in [6.07, 6.45) is -4.09. The number of benzene rings is 3. The summed E-state index contributed by atoms with van der Waals surface area (Å²) in [5.74, 6) is 0.420. The van der Waals surface area contributed by atoms with E-state index < -0.39 is 29.6 Å². The van der Waals surface area contributed by atoms with E-state index in [1.165, 1.54) is 12.1 Å². The number of halogens is 3. The number of nitrogens with one attached hydrogen (secondary N) is 1. The number of hydrogen-bond donors (Lipinski definition) is 1. The second kappa shape index (κ2) is 9.68. The number of piperidine rings is 1. The molecule has 7 nitrogen and oxygen atoms in total. The molecule has 0 saturated carbocycles. The first-order valence-electron chi connectivity index (χ1n) is 11.6. The third-order valence-electron chi connectivity index (χ3n) is 6.51. The summed E-state index contributed by atoms with van der Waals surface area (Å²) in [7, 11) is 1.54. The zero-order valence-electron chi connectivity index (χ0n) is 19.7. The van der Waals surface area contributed by atoms with Crippen LogP contribution in [0.5, 0.6) is 17.2 Å². The van der Waals surface area contributed by atoms with Crippen molar-refractivity contribution in [3.63, 3.8) is 0 Å². The van der Waals surface area contributed by atoms with Crippen LogP contribution in [0.3, 0.4) is 0 Å². The lowest BCUT2D eigenvalue weighted by Crippen LogP contribution is -2.47. The topological polar surface area (TPSA) is 77.1 Å². The van der Waals surface area contributed by atoms with Gasteiger partial charge in [-0.1, -0.05) is 12.1 Å². The second-order valence-electron chi connectivity index (χ2n) is 8.73. The molecule has 0 aliphatic carbocycles. The van der Waals surface area contributed by atoms with Gasteiger partial charge in [0, 0.05) is 23.9 Å². The molecule has 2 amide bonds. The van der Waals surface area contributed by atoms with E-state index in [4.69, 9.17) is 14.2 Å². The standard InChI is InChI=1S/C27H23F3N2O5/c1-35-20-9-2-16(3-10-20)25-21(26(34)31-18-6-4-17(5-7-18)27(28,29)30)11-13-24(33)32(25)19-8-12-22-23(14-19)37-15-36-22/h2-10,12,14,21,25H,11,13,15H2,1H3,(H,31,34)/t21-,25+/m0/s1. The molecule has 192 valence electrons. The summed E-state index contributed by atoms with van der Waals surface area (Å²) in [4.78, 5) is 28.3. The minimum Gasteiger partial charge on any atom is -0.497 e. The number of methoxy groups -OCH3 is 1. The second-order valence-corrected chi connectivity index (χ2v) is 8.73. The first kappa shape index (κ1) is 24.5. The first-order chi connectivity index (χ1) is 17.7. The maximum Gasteiger partial charge on any atom is 0.416 e. The van der Waals surface area contributed by atoms with Gasteiger partial charge in [0.15, 0.2) is 11.5 Å². The molecule has 1 fully saturated rings. The average Bonchev–Trinajstić information content (AvgIpc) is 3.36. The summed E-state index contributed by atoms with van der Waals surface area (Å²) in [5.41, 5.74) is 0.679. The van der Waals surface area contributed by atoms with Crippen molar-refractivity contribution < 1.29 is 37.0 Å². The molecule has 10 heteroatoms. The molecule has 5 rings (SSSR count). The minimum absolute atomic E-state index is 0.0762. The lowest BCUT2D eigenvalue weighted by Gasteiger charge is -2.41. The van der Waals surface area contributed by atoms with Crippen LogP contribution in [0, 0.1) is 5.92 Å². The van der Waals surface area contributed by atoms with Crippen molar-refractivity contribution in [1.82, 2.24) is 0 Å². The highest BCUT2D eigenvalue weighted by Crippen LogP contribution is 2.44. The number of ether oxygens (including phenoxy) is 3. The molecule has 0 unspecified atom stereocenters. The Balaban J connectivity index is 1.49. The number of fused-ring (bicyclic) bond motifs is 1. The van der Waals surface area contributed by atoms with Gasteiger partial charge in [-0.05, 0) is 60.5 Å². The van der Waals surface area contributed by atoms with Gasteiger partial charge in [0.05, 0.1) is 24.6 Å². The summed E-state index contributed by atoms with van der Waals surface area (Å²) in [6, 6.07) is 15.8. The lowest BCUT2D eigenvalue weighted by atomic mass is 9.83. The van der Waals surface area contributed by atoms with E-state index in [2.05, 4.69) is 5.32 Å². The molecule has 37 heavy (non-hydrogen) atoms. The van der Waals surface area contributed by atoms with Gasteiger partial charge in [-0.3, -0.25) is 9.59 Å². The molecule has 3 aromatic carbocycles. The third-order valence-corrected chi connectivity index (χ3v) is 6.51. The van der Waals surface area contributed by atoms with E-state index in [0.29, 0.717) is 28.5 Å². The van der Waals surface area contributed by atoms with Crippen molar-refractivity contribution in [1.29, 1.82) is 0 Å². The van der Waals surface area contributed by atoms with Crippen molar-refractivity contribution >= 4 is 23.2 Å². The van der Waals surface area contributed by atoms with Gasteiger partial charge in [0.1, 0.15) is 5.75 Å². The first-order valence-corrected chi connectivity index (χ1v) is 11.6. The maximum absolute atomic E-state index is 13.5. The highest BCUT2D eigenvalue weighted by Gasteiger charge is 2.42. The van der Waals surface area contributed by atoms with Crippen LogP contribution in [0.4, 0.5) is 24.5 Å². The number of carbonyl (C=O) groups excluding carboxylic acids is 2. The van der Waals surface area contributed by atoms with Crippen LogP contribution >= 0.6 is 0 Å². The highest BCUT2D eigenvalue weighted by atomic mass is 19.4. The molecule has 2 aliphatic rings. The third kappa shape index (κ3) is 4.91. The van der Waals surface area contributed by atoms with Crippen molar-refractivity contribution in [2.24, 2.45) is 5.92 Å². The van der Waals surface area contributed by atoms with Gasteiger partial charge in [-0.25, -0.2) is 0 Å². The molecule has 2 heterocycles. The quantitative estimate of drug-likeness (QED) is 0.484. The van der Waals surface area contributed by atoms with Crippen LogP contribution in [0.1, 0.15) is 30.0 Å². The largest absolute Gasteiger partial charge is 0.497 e. The zero-order valence-corrected chi connectivity index (χ0v) is 19.7. The Morgan fingerprint density at radius 2 is 1.70 bits per heavy atom. The van der Waals surface area contributed by atoms with Gasteiger partial charge >= 0.3 is 6.18 Å². The van der Waals surface area contributed by atoms with E-state index in [-0.39, 0.29) is 31.2 Å². The van der Waals surface area contributed by atoms with E-state index in [1.807, 2.05) is 0 Å². The molecule has 0 radical (unpaired) electrons. The Morgan fingerprint density at radius 3 is 2.38 bits per heavy atom. The normalized spacial score (nSPS) is 19.0. The Morgan fingerprint density at radius 1 is 1.00 bits per heavy atom.